The van der Waals surface area contributed by atoms with Gasteiger partial charge in [-0.15, -0.1) is 0 Å². The molecule has 1 aromatic rings. The van der Waals surface area contributed by atoms with Crippen LogP contribution in [0.1, 0.15) is 62.6 Å². The molecule has 0 saturated heterocycles. The van der Waals surface area contributed by atoms with Crippen molar-refractivity contribution in [3.8, 4) is 0 Å². The number of nitrogens with two attached hydrogens (primary N) is 1. The third-order valence-electron chi connectivity index (χ3n) is 3.87. The highest BCUT2D eigenvalue weighted by molar-refractivity contribution is 6.29. The monoisotopic (exact) mass is 367 g/mol. The maximum Gasteiger partial charge on any atom is 0.306 e. The Bertz CT molecular complexity index is 714. The van der Waals surface area contributed by atoms with Gasteiger partial charge in [-0.3, -0.25) is 14.4 Å². The van der Waals surface area contributed by atoms with Crippen LogP contribution in [0.2, 0.25) is 5.15 Å². The molecule has 0 fully saturated rings. The van der Waals surface area contributed by atoms with Crippen molar-refractivity contribution in [2.75, 3.05) is 0 Å². The van der Waals surface area contributed by atoms with Crippen LogP contribution in [0.15, 0.2) is 12.1 Å². The Kier molecular flexibility index (Phi) is 5.37. The molecule has 1 aromatic heterocycles. The summed E-state index contributed by atoms with van der Waals surface area (Å²) in [6.45, 7) is 7.02. The molecular formula is C17H22ClN3O4. The van der Waals surface area contributed by atoms with Gasteiger partial charge >= 0.3 is 5.97 Å². The van der Waals surface area contributed by atoms with Gasteiger partial charge in [-0.1, -0.05) is 11.6 Å². The number of hydrogen-bond acceptors (Lipinski definition) is 5. The highest BCUT2D eigenvalue weighted by Crippen LogP contribution is 2.35. The number of halogens is 1. The van der Waals surface area contributed by atoms with Gasteiger partial charge in [0, 0.05) is 6.42 Å². The van der Waals surface area contributed by atoms with Crippen LogP contribution in [0, 0.1) is 0 Å². The van der Waals surface area contributed by atoms with Gasteiger partial charge in [-0.05, 0) is 46.2 Å². The van der Waals surface area contributed by atoms with Gasteiger partial charge in [0.05, 0.1) is 17.3 Å². The summed E-state index contributed by atoms with van der Waals surface area (Å²) in [5.41, 5.74) is 5.76. The Morgan fingerprint density at radius 3 is 2.60 bits per heavy atom. The van der Waals surface area contributed by atoms with E-state index in [4.69, 9.17) is 22.1 Å². The van der Waals surface area contributed by atoms with Crippen molar-refractivity contribution in [1.82, 2.24) is 9.88 Å². The molecule has 0 spiro atoms. The van der Waals surface area contributed by atoms with Crippen LogP contribution in [0.3, 0.4) is 0 Å². The molecule has 136 valence electrons. The molecule has 1 aliphatic heterocycles. The number of aromatic nitrogens is 1. The van der Waals surface area contributed by atoms with E-state index < -0.39 is 29.6 Å². The smallest absolute Gasteiger partial charge is 0.306 e. The summed E-state index contributed by atoms with van der Waals surface area (Å²) in [6, 6.07) is 1.71. The van der Waals surface area contributed by atoms with Crippen molar-refractivity contribution < 1.29 is 19.1 Å². The summed E-state index contributed by atoms with van der Waals surface area (Å²) >= 11 is 5.90. The highest BCUT2D eigenvalue weighted by atomic mass is 35.5. The number of carbonyl (C=O) groups is 3. The molecule has 0 radical (unpaired) electrons. The Labute approximate surface area is 151 Å². The van der Waals surface area contributed by atoms with Crippen molar-refractivity contribution in [3.63, 3.8) is 0 Å². The van der Waals surface area contributed by atoms with E-state index in [1.807, 2.05) is 0 Å². The maximum atomic E-state index is 12.7. The van der Waals surface area contributed by atoms with E-state index in [2.05, 4.69) is 4.98 Å². The zero-order valence-electron chi connectivity index (χ0n) is 14.7. The van der Waals surface area contributed by atoms with Gasteiger partial charge in [0.1, 0.15) is 16.8 Å². The molecule has 25 heavy (non-hydrogen) atoms. The van der Waals surface area contributed by atoms with Crippen LogP contribution >= 0.6 is 11.6 Å². The van der Waals surface area contributed by atoms with E-state index in [9.17, 15) is 14.4 Å². The summed E-state index contributed by atoms with van der Waals surface area (Å²) in [4.78, 5) is 42.0. The van der Waals surface area contributed by atoms with E-state index in [-0.39, 0.29) is 23.9 Å². The Hall–Kier alpha value is -2.15. The molecule has 0 saturated carbocycles. The first kappa shape index (κ1) is 19.2. The molecule has 2 amide bonds. The number of hydrogen-bond donors (Lipinski definition) is 1. The van der Waals surface area contributed by atoms with Gasteiger partial charge in [-0.2, -0.15) is 0 Å². The standard InChI is InChI=1S/C17H22ClN3O4/c1-9-14-10(5-7-12(18)20-14)16(24)21(9)11(15(19)23)6-8-13(22)25-17(2,3)4/h5,7,9,11H,6,8H2,1-4H3,(H2,19,23)/t9?,11-/m0/s1. The number of esters is 1. The summed E-state index contributed by atoms with van der Waals surface area (Å²) < 4.78 is 5.24. The highest BCUT2D eigenvalue weighted by Gasteiger charge is 2.41. The lowest BCUT2D eigenvalue weighted by Crippen LogP contribution is -2.46. The molecule has 1 aliphatic rings. The van der Waals surface area contributed by atoms with Crippen LogP contribution < -0.4 is 5.73 Å². The largest absolute Gasteiger partial charge is 0.460 e. The second kappa shape index (κ2) is 7.00. The summed E-state index contributed by atoms with van der Waals surface area (Å²) in [6.07, 6.45) is 0.0634. The number of nitrogens with zero attached hydrogens (tertiary/aromatic N) is 2. The second-order valence-corrected chi connectivity index (χ2v) is 7.39. The van der Waals surface area contributed by atoms with Crippen molar-refractivity contribution >= 4 is 29.4 Å². The molecule has 8 heteroatoms. The minimum atomic E-state index is -0.928. The Balaban J connectivity index is 2.17. The second-order valence-electron chi connectivity index (χ2n) is 7.00. The first-order valence-electron chi connectivity index (χ1n) is 8.01. The van der Waals surface area contributed by atoms with Crippen LogP contribution in [0.25, 0.3) is 0 Å². The number of ether oxygens (including phenoxy) is 1. The van der Waals surface area contributed by atoms with Crippen molar-refractivity contribution in [3.05, 3.63) is 28.5 Å². The molecule has 2 heterocycles. The first-order valence-corrected chi connectivity index (χ1v) is 8.39. The normalized spacial score (nSPS) is 18.0. The molecule has 0 aliphatic carbocycles. The lowest BCUT2D eigenvalue weighted by atomic mass is 10.1. The number of carbonyl (C=O) groups excluding carboxylic acids is 3. The summed E-state index contributed by atoms with van der Waals surface area (Å²) in [5.74, 6) is -1.47. The van der Waals surface area contributed by atoms with E-state index in [0.29, 0.717) is 11.3 Å². The maximum absolute atomic E-state index is 12.7. The lowest BCUT2D eigenvalue weighted by molar-refractivity contribution is -0.155. The zero-order valence-corrected chi connectivity index (χ0v) is 15.5. The van der Waals surface area contributed by atoms with Crippen molar-refractivity contribution in [1.29, 1.82) is 0 Å². The minimum absolute atomic E-state index is 0.0219. The number of amides is 2. The number of pyridine rings is 1. The number of primary amides is 1. The van der Waals surface area contributed by atoms with Gasteiger partial charge in [-0.25, -0.2) is 4.98 Å². The fourth-order valence-corrected chi connectivity index (χ4v) is 3.03. The molecular weight excluding hydrogens is 346 g/mol. The molecule has 0 aromatic carbocycles. The van der Waals surface area contributed by atoms with E-state index >= 15 is 0 Å². The van der Waals surface area contributed by atoms with E-state index in [1.165, 1.54) is 11.0 Å². The molecule has 1 unspecified atom stereocenters. The fraction of sp³-hybridized carbons (Fsp3) is 0.529. The molecule has 0 bridgehead atoms. The summed E-state index contributed by atoms with van der Waals surface area (Å²) in [7, 11) is 0. The predicted molar refractivity (Wildman–Crippen MR) is 91.9 cm³/mol. The Morgan fingerprint density at radius 1 is 1.40 bits per heavy atom. The van der Waals surface area contributed by atoms with Gasteiger partial charge in [0.2, 0.25) is 5.91 Å². The molecule has 2 atom stereocenters. The molecule has 2 N–H and O–H groups in total. The summed E-state index contributed by atoms with van der Waals surface area (Å²) in [5, 5.41) is 0.268. The van der Waals surface area contributed by atoms with E-state index in [0.717, 1.165) is 0 Å². The number of rotatable bonds is 5. The SMILES string of the molecule is CC1c2nc(Cl)ccc2C(=O)N1[C@@H](CCC(=O)OC(C)(C)C)C(N)=O. The van der Waals surface area contributed by atoms with Crippen LogP contribution in [0.4, 0.5) is 0 Å². The van der Waals surface area contributed by atoms with Gasteiger partial charge < -0.3 is 15.4 Å². The van der Waals surface area contributed by atoms with Crippen LogP contribution in [-0.2, 0) is 14.3 Å². The quantitative estimate of drug-likeness (QED) is 0.635. The molecule has 7 nitrogen and oxygen atoms in total. The van der Waals surface area contributed by atoms with Crippen LogP contribution in [0.5, 0.6) is 0 Å². The zero-order chi connectivity index (χ0) is 18.9. The van der Waals surface area contributed by atoms with Crippen molar-refractivity contribution in [2.24, 2.45) is 5.73 Å². The Morgan fingerprint density at radius 2 is 2.04 bits per heavy atom. The third kappa shape index (κ3) is 4.28. The molecule has 2 rings (SSSR count). The predicted octanol–water partition coefficient (Wildman–Crippen LogP) is 2.23. The van der Waals surface area contributed by atoms with E-state index in [1.54, 1.807) is 33.8 Å². The third-order valence-corrected chi connectivity index (χ3v) is 4.09. The van der Waals surface area contributed by atoms with Crippen LogP contribution in [-0.4, -0.2) is 39.3 Å². The fourth-order valence-electron chi connectivity index (χ4n) is 2.87. The first-order chi connectivity index (χ1) is 11.5. The van der Waals surface area contributed by atoms with Crippen molar-refractivity contribution in [2.45, 2.75) is 58.2 Å². The van der Waals surface area contributed by atoms with Gasteiger partial charge in [0.25, 0.3) is 5.91 Å². The average molecular weight is 368 g/mol. The lowest BCUT2D eigenvalue weighted by Gasteiger charge is -2.29. The number of fused-ring (bicyclic) bond motifs is 1. The average Bonchev–Trinajstić information content (AvgIpc) is 2.70. The topological polar surface area (TPSA) is 103 Å². The van der Waals surface area contributed by atoms with Gasteiger partial charge in [0.15, 0.2) is 0 Å². The minimum Gasteiger partial charge on any atom is -0.460 e.